The second kappa shape index (κ2) is 48.8. The van der Waals surface area contributed by atoms with Crippen molar-refractivity contribution in [1.29, 1.82) is 0 Å². The molecule has 9 atom stereocenters. The molecule has 11 amide bonds. The fourth-order valence-corrected chi connectivity index (χ4v) is 16.7. The first kappa shape index (κ1) is 97.5. The van der Waals surface area contributed by atoms with E-state index in [0.717, 1.165) is 32.6 Å². The normalized spacial score (nSPS) is 18.4. The number of nitrogens with two attached hydrogens (primary N) is 1. The molecule has 34 nitrogen and oxygen atoms in total. The quantitative estimate of drug-likeness (QED) is 0.0114. The summed E-state index contributed by atoms with van der Waals surface area (Å²) in [5, 5.41) is 56.9. The Morgan fingerprint density at radius 2 is 1.19 bits per heavy atom. The number of benzene rings is 7. The third-order valence-electron chi connectivity index (χ3n) is 21.3. The Bertz CT molecular complexity index is 5240. The maximum atomic E-state index is 15.3. The molecule has 6 aromatic rings. The SMILES string of the molecule is C[C@@H]1NC(=O)[C@H](Cc2ccccc2)NC(=O)[C@H](CCC(N)=O)NC(=O)[C@H](NC(=O)[C@@H]2CCCN2C(=O)[C@H](Cc2ccccc2)NC(=O)[C@H](Cc2ccc(O)cc2)NC(=O)CCOCCOCCOCCOCCNC(=O)c2ccc(C(=O)O)c(-c3c4ccc(=[N+](C)C)cc-4oc4cc(N(C)C)ccc34)c2)CCSSC[C@@H](C(=O)O)NC(=O)[C@H](Cc2ccccc2)NC1=O. The molecule has 2 saturated heterocycles. The first-order chi connectivity index (χ1) is 61.6. The molecule has 680 valence electrons. The Morgan fingerprint density at radius 1 is 0.602 bits per heavy atom. The number of fused-ring (bicyclic) bond motifs is 2. The van der Waals surface area contributed by atoms with Crippen LogP contribution in [0.4, 0.5) is 5.69 Å². The molecule has 4 aliphatic rings. The van der Waals surface area contributed by atoms with Crippen LogP contribution in [0.1, 0.15) is 88.4 Å². The van der Waals surface area contributed by atoms with Gasteiger partial charge in [-0.2, -0.15) is 0 Å². The van der Waals surface area contributed by atoms with Crippen molar-refractivity contribution in [3.8, 4) is 28.2 Å². The molecule has 0 radical (unpaired) electrons. The minimum atomic E-state index is -1.58. The number of aromatic carboxylic acids is 1. The third-order valence-corrected chi connectivity index (χ3v) is 23.8. The number of hydrogen-bond acceptors (Lipinski definition) is 22. The van der Waals surface area contributed by atoms with Crippen molar-refractivity contribution in [3.05, 3.63) is 209 Å². The van der Waals surface area contributed by atoms with Crippen LogP contribution in [-0.2, 0) is 97.4 Å². The highest BCUT2D eigenvalue weighted by Gasteiger charge is 2.41. The lowest BCUT2D eigenvalue weighted by molar-refractivity contribution is -0.142. The number of carbonyl (C=O) groups excluding carboxylic acids is 11. The van der Waals surface area contributed by atoms with Crippen LogP contribution in [0.3, 0.4) is 0 Å². The molecule has 3 aliphatic heterocycles. The lowest BCUT2D eigenvalue weighted by Gasteiger charge is -2.31. The molecular weight excluding hydrogens is 1690 g/mol. The number of nitrogens with zero attached hydrogens (tertiary/aromatic N) is 3. The summed E-state index contributed by atoms with van der Waals surface area (Å²) in [6.07, 6.45) is -1.25. The van der Waals surface area contributed by atoms with Gasteiger partial charge in [0.1, 0.15) is 85.6 Å². The smallest absolute Gasteiger partial charge is 0.336 e. The molecule has 0 saturated carbocycles. The molecule has 0 spiro atoms. The van der Waals surface area contributed by atoms with Gasteiger partial charge in [0.15, 0.2) is 0 Å². The maximum Gasteiger partial charge on any atom is 0.336 e. The van der Waals surface area contributed by atoms with Crippen LogP contribution in [0.25, 0.3) is 33.4 Å². The average Bonchev–Trinajstić information content (AvgIpc) is 0.820. The summed E-state index contributed by atoms with van der Waals surface area (Å²) in [5.74, 6) is -10.8. The van der Waals surface area contributed by atoms with Crippen LogP contribution in [0.15, 0.2) is 174 Å². The number of ether oxygens (including phenoxy) is 4. The van der Waals surface area contributed by atoms with Crippen molar-refractivity contribution < 1.29 is 101 Å². The monoisotopic (exact) mass is 1800 g/mol. The number of carboxylic acids is 2. The highest BCUT2D eigenvalue weighted by molar-refractivity contribution is 8.76. The van der Waals surface area contributed by atoms with E-state index in [1.165, 1.54) is 36.1 Å². The fourth-order valence-electron chi connectivity index (χ4n) is 14.4. The van der Waals surface area contributed by atoms with Gasteiger partial charge in [-0.15, -0.1) is 0 Å². The summed E-state index contributed by atoms with van der Waals surface area (Å²) in [7, 11) is 9.75. The molecule has 0 unspecified atom stereocenters. The van der Waals surface area contributed by atoms with Crippen LogP contribution in [0, 0.1) is 0 Å². The number of nitrogens with one attached hydrogen (secondary N) is 9. The Labute approximate surface area is 748 Å². The summed E-state index contributed by atoms with van der Waals surface area (Å²) in [6.45, 7) is 2.67. The Kier molecular flexibility index (Phi) is 37.2. The fraction of sp³-hybridized carbons (Fsp3) is 0.391. The highest BCUT2D eigenvalue weighted by Crippen LogP contribution is 2.43. The molecule has 6 aromatic carbocycles. The molecule has 10 rings (SSSR count). The lowest BCUT2D eigenvalue weighted by Crippen LogP contribution is -2.60. The van der Waals surface area contributed by atoms with Crippen molar-refractivity contribution in [2.24, 2.45) is 5.73 Å². The maximum absolute atomic E-state index is 15.3. The summed E-state index contributed by atoms with van der Waals surface area (Å²) < 4.78 is 31.2. The number of hydrogen-bond donors (Lipinski definition) is 13. The van der Waals surface area contributed by atoms with E-state index in [1.54, 1.807) is 109 Å². The van der Waals surface area contributed by atoms with Gasteiger partial charge in [-0.3, -0.25) is 52.7 Å². The van der Waals surface area contributed by atoms with Gasteiger partial charge < -0.3 is 102 Å². The number of phenols is 1. The van der Waals surface area contributed by atoms with Crippen molar-refractivity contribution >= 4 is 115 Å². The number of likely N-dealkylation sites (tertiary alicyclic amines) is 1. The summed E-state index contributed by atoms with van der Waals surface area (Å²) in [5.41, 5.74) is 11.2. The number of primary amides is 1. The molecule has 36 heteroatoms. The standard InChI is InChI=1S/C92H109N13O21S2/c1-56-82(109)99-73(49-58-18-11-7-12-19-58)88(115)102-75(92(120)121)55-128-127-47-36-70(85(112)97-69(33-34-79(93)107)84(111)100-72(86(113)95-56)48-57-16-9-6-10-17-57)98-89(116)76-22-15-38-105(76)90(117)74(51-59-20-13-8-14-21-59)101-87(114)71(50-60-23-28-64(106)29-24-60)96-80(108)35-39-122-41-43-124-45-46-125-44-42-123-40-37-94-83(110)61-25-30-65(91(118)119)68(52-61)81-66-31-26-62(103(2)3)53-77(66)126-78-54-63(104(4)5)27-32-67(78)81/h6-14,16-21,23-32,52-54,56,69-76H,15,22,33-51,55H2,1-5H3,(H13-,93,94,95,96,97,98,99,100,101,102,106,107,108,109,110,111,112,113,114,115,116,118,119,120,121)/p+1/t56-,69-,70+,71-,72-,73-,74-,75-,76-/m0/s1. The topological polar surface area (TPSA) is 476 Å². The van der Waals surface area contributed by atoms with Gasteiger partial charge in [0, 0.05) is 117 Å². The number of anilines is 1. The van der Waals surface area contributed by atoms with Crippen LogP contribution >= 0.6 is 21.6 Å². The minimum absolute atomic E-state index is 0.0119. The number of carboxylic acid groups (broad SMARTS) is 2. The van der Waals surface area contributed by atoms with E-state index in [9.17, 15) is 72.9 Å². The molecular formula is C92H110N13O21S2+. The van der Waals surface area contributed by atoms with Crippen LogP contribution < -0.4 is 68.4 Å². The van der Waals surface area contributed by atoms with E-state index in [1.807, 2.05) is 74.1 Å². The second-order valence-corrected chi connectivity index (χ2v) is 33.9. The number of carbonyl (C=O) groups is 13. The van der Waals surface area contributed by atoms with Crippen LogP contribution in [-0.4, -0.2) is 257 Å². The van der Waals surface area contributed by atoms with Gasteiger partial charge in [-0.1, -0.05) is 125 Å². The van der Waals surface area contributed by atoms with E-state index >= 15 is 4.79 Å². The van der Waals surface area contributed by atoms with Gasteiger partial charge in [0.2, 0.25) is 64.4 Å². The van der Waals surface area contributed by atoms with Crippen LogP contribution in [0.2, 0.25) is 0 Å². The third kappa shape index (κ3) is 29.2. The zero-order chi connectivity index (χ0) is 91.8. The summed E-state index contributed by atoms with van der Waals surface area (Å²) in [4.78, 5) is 186. The lowest BCUT2D eigenvalue weighted by atomic mass is 9.89. The molecule has 0 bridgehead atoms. The molecule has 3 heterocycles. The van der Waals surface area contributed by atoms with Gasteiger partial charge in [0.05, 0.1) is 64.5 Å². The largest absolute Gasteiger partial charge is 0.508 e. The highest BCUT2D eigenvalue weighted by atomic mass is 33.1. The van der Waals surface area contributed by atoms with E-state index in [2.05, 4.69) is 47.9 Å². The summed E-state index contributed by atoms with van der Waals surface area (Å²) in [6, 6.07) is 35.1. The molecule has 128 heavy (non-hydrogen) atoms. The molecule has 14 N–H and O–H groups in total. The first-order valence-corrected chi connectivity index (χ1v) is 44.6. The molecule has 2 fully saturated rings. The van der Waals surface area contributed by atoms with Gasteiger partial charge in [-0.05, 0) is 109 Å². The molecule has 1 aliphatic carbocycles. The van der Waals surface area contributed by atoms with E-state index in [4.69, 9.17) is 29.1 Å². The minimum Gasteiger partial charge on any atom is -0.508 e. The predicted molar refractivity (Wildman–Crippen MR) is 481 cm³/mol. The van der Waals surface area contributed by atoms with Crippen molar-refractivity contribution in [2.75, 3.05) is 111 Å². The van der Waals surface area contributed by atoms with Gasteiger partial charge >= 0.3 is 11.9 Å². The van der Waals surface area contributed by atoms with Crippen molar-refractivity contribution in [2.45, 2.75) is 126 Å². The Hall–Kier alpha value is -12.7. The Morgan fingerprint density at radius 3 is 1.80 bits per heavy atom. The second-order valence-electron chi connectivity index (χ2n) is 31.2. The average molecular weight is 1800 g/mol. The number of rotatable bonds is 37. The van der Waals surface area contributed by atoms with Gasteiger partial charge in [-0.25, -0.2) is 14.2 Å². The summed E-state index contributed by atoms with van der Waals surface area (Å²) >= 11 is 0. The van der Waals surface area contributed by atoms with E-state index in [0.29, 0.717) is 62.1 Å². The number of amides is 11. The van der Waals surface area contributed by atoms with Gasteiger partial charge in [0.25, 0.3) is 5.91 Å². The Balaban J connectivity index is 0.729. The van der Waals surface area contributed by atoms with E-state index < -0.39 is 138 Å². The zero-order valence-electron chi connectivity index (χ0n) is 71.8. The predicted octanol–water partition coefficient (Wildman–Crippen LogP) is 3.89. The van der Waals surface area contributed by atoms with E-state index in [-0.39, 0.29) is 146 Å². The van der Waals surface area contributed by atoms with Crippen LogP contribution in [0.5, 0.6) is 5.75 Å². The molecule has 0 aromatic heterocycles. The number of aliphatic carboxylic acids is 1. The van der Waals surface area contributed by atoms with Crippen molar-refractivity contribution in [1.82, 2.24) is 57.3 Å². The number of phenolic OH excluding ortho intramolecular Hbond substituents is 1. The van der Waals surface area contributed by atoms with Crippen molar-refractivity contribution in [3.63, 3.8) is 0 Å². The zero-order valence-corrected chi connectivity index (χ0v) is 73.5. The number of aromatic hydroxyl groups is 1. The first-order valence-electron chi connectivity index (χ1n) is 42.1.